The Morgan fingerprint density at radius 3 is 2.89 bits per heavy atom. The first-order chi connectivity index (χ1) is 13.5. The monoisotopic (exact) mass is 421 g/mol. The van der Waals surface area contributed by atoms with Crippen molar-refractivity contribution in [3.63, 3.8) is 0 Å². The van der Waals surface area contributed by atoms with Crippen molar-refractivity contribution in [3.8, 4) is 0 Å². The first-order valence-corrected chi connectivity index (χ1v) is 11.5. The van der Waals surface area contributed by atoms with Crippen LogP contribution >= 0.6 is 23.1 Å². The fourth-order valence-corrected chi connectivity index (χ4v) is 5.49. The highest BCUT2D eigenvalue weighted by Gasteiger charge is 2.28. The number of nitrogens with one attached hydrogen (secondary N) is 1. The lowest BCUT2D eigenvalue weighted by Crippen LogP contribution is -2.24. The zero-order chi connectivity index (χ0) is 20.1. The summed E-state index contributed by atoms with van der Waals surface area (Å²) in [7, 11) is 0. The molecule has 1 amide bonds. The Kier molecular flexibility index (Phi) is 7.18. The van der Waals surface area contributed by atoms with Crippen LogP contribution < -0.4 is 5.32 Å². The lowest BCUT2D eigenvalue weighted by Gasteiger charge is -2.14. The van der Waals surface area contributed by atoms with Crippen LogP contribution in [0.1, 0.15) is 60.8 Å². The van der Waals surface area contributed by atoms with Gasteiger partial charge in [0.25, 0.3) is 0 Å². The van der Waals surface area contributed by atoms with Crippen molar-refractivity contribution in [2.24, 2.45) is 0 Å². The van der Waals surface area contributed by atoms with Crippen LogP contribution in [0, 0.1) is 0 Å². The molecule has 152 valence electrons. The quantitative estimate of drug-likeness (QED) is 0.501. The van der Waals surface area contributed by atoms with Crippen LogP contribution in [-0.4, -0.2) is 33.3 Å². The van der Waals surface area contributed by atoms with E-state index in [0.717, 1.165) is 49.4 Å². The van der Waals surface area contributed by atoms with Gasteiger partial charge in [-0.05, 0) is 51.5 Å². The van der Waals surface area contributed by atoms with E-state index in [1.165, 1.54) is 28.0 Å². The second-order valence-corrected chi connectivity index (χ2v) is 9.20. The summed E-state index contributed by atoms with van der Waals surface area (Å²) in [4.78, 5) is 30.9. The van der Waals surface area contributed by atoms with Gasteiger partial charge in [0.15, 0.2) is 5.16 Å². The van der Waals surface area contributed by atoms with Crippen molar-refractivity contribution in [2.75, 3.05) is 11.9 Å². The molecule has 2 aromatic heterocycles. The molecule has 1 aliphatic rings. The van der Waals surface area contributed by atoms with Crippen LogP contribution in [0.4, 0.5) is 5.00 Å². The summed E-state index contributed by atoms with van der Waals surface area (Å²) in [5, 5.41) is 4.12. The number of imidazole rings is 1. The number of aryl methyl sites for hydroxylation is 2. The number of carbonyl (C=O) groups is 2. The molecule has 0 aromatic carbocycles. The molecule has 0 saturated carbocycles. The van der Waals surface area contributed by atoms with Gasteiger partial charge in [-0.2, -0.15) is 0 Å². The molecule has 28 heavy (non-hydrogen) atoms. The van der Waals surface area contributed by atoms with Gasteiger partial charge in [-0.3, -0.25) is 4.79 Å². The second kappa shape index (κ2) is 9.60. The zero-order valence-electron chi connectivity index (χ0n) is 16.6. The third-order valence-corrected chi connectivity index (χ3v) is 7.01. The minimum atomic E-state index is -0.337. The van der Waals surface area contributed by atoms with Gasteiger partial charge in [0.2, 0.25) is 5.91 Å². The van der Waals surface area contributed by atoms with E-state index in [1.807, 2.05) is 13.1 Å². The van der Waals surface area contributed by atoms with E-state index in [-0.39, 0.29) is 17.1 Å². The number of aromatic nitrogens is 2. The summed E-state index contributed by atoms with van der Waals surface area (Å²) >= 11 is 2.95. The number of esters is 1. The van der Waals surface area contributed by atoms with E-state index in [4.69, 9.17) is 4.74 Å². The number of rotatable bonds is 8. The Hall–Kier alpha value is -1.80. The van der Waals surface area contributed by atoms with E-state index < -0.39 is 0 Å². The number of thiophene rings is 1. The van der Waals surface area contributed by atoms with Gasteiger partial charge in [0.1, 0.15) is 5.00 Å². The van der Waals surface area contributed by atoms with Gasteiger partial charge in [0, 0.05) is 23.8 Å². The number of thioether (sulfide) groups is 1. The predicted molar refractivity (Wildman–Crippen MR) is 113 cm³/mol. The molecule has 1 unspecified atom stereocenters. The fraction of sp³-hybridized carbons (Fsp3) is 0.550. The van der Waals surface area contributed by atoms with Crippen LogP contribution in [-0.2, 0) is 28.9 Å². The standard InChI is InChI=1S/C20H27N3O3S2/c1-4-11-23-12-10-21-20(23)27-13(3)17(24)22-18-16(19(25)26-5-2)14-8-6-7-9-15(14)28-18/h10,12-13H,4-9,11H2,1-3H3,(H,22,24). The van der Waals surface area contributed by atoms with Crippen molar-refractivity contribution in [1.29, 1.82) is 0 Å². The smallest absolute Gasteiger partial charge is 0.341 e. The van der Waals surface area contributed by atoms with Crippen LogP contribution in [0.2, 0.25) is 0 Å². The summed E-state index contributed by atoms with van der Waals surface area (Å²) in [5.41, 5.74) is 1.61. The van der Waals surface area contributed by atoms with E-state index >= 15 is 0 Å². The van der Waals surface area contributed by atoms with Gasteiger partial charge >= 0.3 is 5.97 Å². The van der Waals surface area contributed by atoms with Crippen LogP contribution in [0.25, 0.3) is 0 Å². The van der Waals surface area contributed by atoms with Gasteiger partial charge in [-0.15, -0.1) is 11.3 Å². The molecule has 1 aliphatic carbocycles. The molecule has 8 heteroatoms. The van der Waals surface area contributed by atoms with Crippen molar-refractivity contribution < 1.29 is 14.3 Å². The summed E-state index contributed by atoms with van der Waals surface area (Å²) in [5.74, 6) is -0.462. The molecular weight excluding hydrogens is 394 g/mol. The average Bonchev–Trinajstić information content (AvgIpc) is 3.26. The van der Waals surface area contributed by atoms with Crippen molar-refractivity contribution in [1.82, 2.24) is 9.55 Å². The van der Waals surface area contributed by atoms with Gasteiger partial charge in [-0.25, -0.2) is 9.78 Å². The maximum atomic E-state index is 12.8. The largest absolute Gasteiger partial charge is 0.462 e. The molecule has 1 atom stereocenters. The molecule has 0 fully saturated rings. The highest BCUT2D eigenvalue weighted by molar-refractivity contribution is 8.00. The Morgan fingerprint density at radius 1 is 1.36 bits per heavy atom. The highest BCUT2D eigenvalue weighted by Crippen LogP contribution is 2.39. The lowest BCUT2D eigenvalue weighted by molar-refractivity contribution is -0.115. The first-order valence-electron chi connectivity index (χ1n) is 9.85. The summed E-state index contributed by atoms with van der Waals surface area (Å²) in [6.07, 6.45) is 8.71. The fourth-order valence-electron chi connectivity index (χ4n) is 3.32. The van der Waals surface area contributed by atoms with Gasteiger partial charge in [-0.1, -0.05) is 18.7 Å². The number of hydrogen-bond donors (Lipinski definition) is 1. The zero-order valence-corrected chi connectivity index (χ0v) is 18.3. The second-order valence-electron chi connectivity index (χ2n) is 6.79. The molecular formula is C20H27N3O3S2. The van der Waals surface area contributed by atoms with Crippen molar-refractivity contribution in [2.45, 2.75) is 69.8 Å². The summed E-state index contributed by atoms with van der Waals surface area (Å²) in [6, 6.07) is 0. The van der Waals surface area contributed by atoms with E-state index in [9.17, 15) is 9.59 Å². The molecule has 3 rings (SSSR count). The number of fused-ring (bicyclic) bond motifs is 1. The molecule has 6 nitrogen and oxygen atoms in total. The molecule has 1 N–H and O–H groups in total. The topological polar surface area (TPSA) is 73.2 Å². The van der Waals surface area contributed by atoms with Gasteiger partial charge in [0.05, 0.1) is 17.4 Å². The molecule has 0 saturated heterocycles. The third-order valence-electron chi connectivity index (χ3n) is 4.68. The van der Waals surface area contributed by atoms with E-state index in [0.29, 0.717) is 17.2 Å². The number of nitrogens with zero attached hydrogens (tertiary/aromatic N) is 2. The molecule has 2 aromatic rings. The number of amides is 1. The number of hydrogen-bond acceptors (Lipinski definition) is 6. The normalized spacial score (nSPS) is 14.4. The summed E-state index contributed by atoms with van der Waals surface area (Å²) in [6.45, 7) is 6.97. The molecule has 0 spiro atoms. The summed E-state index contributed by atoms with van der Waals surface area (Å²) < 4.78 is 7.32. The molecule has 0 radical (unpaired) electrons. The third kappa shape index (κ3) is 4.60. The predicted octanol–water partition coefficient (Wildman–Crippen LogP) is 4.53. The maximum absolute atomic E-state index is 12.8. The molecule has 0 bridgehead atoms. The lowest BCUT2D eigenvalue weighted by atomic mass is 9.95. The molecule has 2 heterocycles. The minimum absolute atomic E-state index is 0.125. The van der Waals surface area contributed by atoms with Crippen molar-refractivity contribution >= 4 is 40.0 Å². The van der Waals surface area contributed by atoms with E-state index in [1.54, 1.807) is 13.1 Å². The Labute approximate surface area is 174 Å². The van der Waals surface area contributed by atoms with Crippen LogP contribution in [0.3, 0.4) is 0 Å². The van der Waals surface area contributed by atoms with Gasteiger partial charge < -0.3 is 14.6 Å². The van der Waals surface area contributed by atoms with E-state index in [2.05, 4.69) is 21.8 Å². The first kappa shape index (κ1) is 20.9. The number of carbonyl (C=O) groups excluding carboxylic acids is 2. The Bertz CT molecular complexity index is 844. The molecule has 0 aliphatic heterocycles. The Balaban J connectivity index is 1.76. The number of anilines is 1. The van der Waals surface area contributed by atoms with Crippen LogP contribution in [0.5, 0.6) is 0 Å². The SMILES string of the molecule is CCCn1ccnc1SC(C)C(=O)Nc1sc2c(c1C(=O)OCC)CCCC2. The highest BCUT2D eigenvalue weighted by atomic mass is 32.2. The van der Waals surface area contributed by atoms with Crippen LogP contribution in [0.15, 0.2) is 17.6 Å². The average molecular weight is 422 g/mol. The maximum Gasteiger partial charge on any atom is 0.341 e. The minimum Gasteiger partial charge on any atom is -0.462 e. The van der Waals surface area contributed by atoms with Crippen molar-refractivity contribution in [3.05, 3.63) is 28.4 Å². The Morgan fingerprint density at radius 2 is 2.14 bits per heavy atom. The number of ether oxygens (including phenoxy) is 1.